The molecule has 0 saturated heterocycles. The molecular weight excluding hydrogens is 510 g/mol. The lowest BCUT2D eigenvalue weighted by molar-refractivity contribution is 0.301. The van der Waals surface area contributed by atoms with Crippen molar-refractivity contribution in [3.05, 3.63) is 113 Å². The Balaban J connectivity index is 1.45. The Morgan fingerprint density at radius 1 is 0.923 bits per heavy atom. The van der Waals surface area contributed by atoms with Gasteiger partial charge in [0.05, 0.1) is 39.8 Å². The van der Waals surface area contributed by atoms with Gasteiger partial charge in [-0.15, -0.1) is 0 Å². The fourth-order valence-corrected chi connectivity index (χ4v) is 4.36. The number of benzene rings is 3. The summed E-state index contributed by atoms with van der Waals surface area (Å²) in [6.07, 6.45) is 3.28. The summed E-state index contributed by atoms with van der Waals surface area (Å²) in [4.78, 5) is 8.79. The first-order chi connectivity index (χ1) is 19.1. The van der Waals surface area contributed by atoms with E-state index in [9.17, 15) is 5.26 Å². The van der Waals surface area contributed by atoms with E-state index < -0.39 is 0 Å². The summed E-state index contributed by atoms with van der Waals surface area (Å²) in [6.45, 7) is 3.38. The summed E-state index contributed by atoms with van der Waals surface area (Å²) >= 11 is 6.54. The second-order valence-electron chi connectivity index (χ2n) is 8.68. The molecule has 0 spiro atoms. The second-order valence-corrected chi connectivity index (χ2v) is 9.08. The normalized spacial score (nSPS) is 10.6. The minimum atomic E-state index is 0.307. The highest BCUT2D eigenvalue weighted by molar-refractivity contribution is 6.32. The highest BCUT2D eigenvalue weighted by Crippen LogP contribution is 2.37. The van der Waals surface area contributed by atoms with Gasteiger partial charge in [0.25, 0.3) is 0 Å². The molecule has 194 valence electrons. The van der Waals surface area contributed by atoms with Crippen molar-refractivity contribution in [1.29, 1.82) is 5.26 Å². The van der Waals surface area contributed by atoms with Gasteiger partial charge in [0.1, 0.15) is 24.2 Å². The molecule has 2 heterocycles. The van der Waals surface area contributed by atoms with Gasteiger partial charge >= 0.3 is 0 Å². The first-order valence-corrected chi connectivity index (χ1v) is 12.9. The van der Waals surface area contributed by atoms with Crippen LogP contribution in [0.4, 0.5) is 17.1 Å². The van der Waals surface area contributed by atoms with E-state index in [4.69, 9.17) is 21.1 Å². The van der Waals surface area contributed by atoms with Crippen LogP contribution >= 0.6 is 11.6 Å². The van der Waals surface area contributed by atoms with E-state index in [-0.39, 0.29) is 0 Å². The highest BCUT2D eigenvalue weighted by Gasteiger charge is 2.15. The summed E-state index contributed by atoms with van der Waals surface area (Å²) in [5.74, 6) is 1.24. The van der Waals surface area contributed by atoms with Gasteiger partial charge in [0.2, 0.25) is 0 Å². The first kappa shape index (κ1) is 25.8. The molecule has 8 heteroatoms. The minimum absolute atomic E-state index is 0.307. The van der Waals surface area contributed by atoms with Crippen LogP contribution in [0.1, 0.15) is 23.7 Å². The van der Waals surface area contributed by atoms with Crippen molar-refractivity contribution in [2.45, 2.75) is 20.1 Å². The van der Waals surface area contributed by atoms with E-state index >= 15 is 0 Å². The zero-order chi connectivity index (χ0) is 27.0. The van der Waals surface area contributed by atoms with Crippen molar-refractivity contribution in [3.63, 3.8) is 0 Å². The number of nitriles is 1. The fraction of sp³-hybridized carbons (Fsp3) is 0.129. The van der Waals surface area contributed by atoms with E-state index in [2.05, 4.69) is 38.8 Å². The van der Waals surface area contributed by atoms with Gasteiger partial charge in [-0.2, -0.15) is 5.26 Å². The van der Waals surface area contributed by atoms with Crippen LogP contribution in [0.5, 0.6) is 11.5 Å². The number of anilines is 3. The predicted molar refractivity (Wildman–Crippen MR) is 155 cm³/mol. The van der Waals surface area contributed by atoms with Crippen LogP contribution in [0.25, 0.3) is 10.9 Å². The Morgan fingerprint density at radius 2 is 1.77 bits per heavy atom. The third kappa shape index (κ3) is 6.20. The minimum Gasteiger partial charge on any atom is -0.492 e. The Labute approximate surface area is 232 Å². The lowest BCUT2D eigenvalue weighted by atomic mass is 10.1. The molecule has 0 bridgehead atoms. The molecule has 0 unspecified atom stereocenters. The standard InChI is InChI=1S/C31H26ClN5O2/c1-2-38-30-16-27-25(15-28(30)35-18-21-8-4-3-5-9-21)31(22(17-33)19-36-27)37-23-11-12-29(26(32)14-23)39-20-24-10-6-7-13-34-24/h3-16,19,35H,2,18,20H2,1H3,(H,36,37). The quantitative estimate of drug-likeness (QED) is 0.191. The Morgan fingerprint density at radius 3 is 2.51 bits per heavy atom. The van der Waals surface area contributed by atoms with Gasteiger partial charge in [0, 0.05) is 36.1 Å². The van der Waals surface area contributed by atoms with Gasteiger partial charge in [-0.05, 0) is 48.9 Å². The largest absolute Gasteiger partial charge is 0.492 e. The van der Waals surface area contributed by atoms with Gasteiger partial charge in [-0.3, -0.25) is 9.97 Å². The molecule has 7 nitrogen and oxygen atoms in total. The summed E-state index contributed by atoms with van der Waals surface area (Å²) < 4.78 is 11.8. The Kier molecular flexibility index (Phi) is 8.06. The monoisotopic (exact) mass is 535 g/mol. The zero-order valence-electron chi connectivity index (χ0n) is 21.3. The number of fused-ring (bicyclic) bond motifs is 1. The van der Waals surface area contributed by atoms with Crippen LogP contribution in [-0.2, 0) is 13.2 Å². The maximum atomic E-state index is 9.87. The molecule has 0 saturated carbocycles. The van der Waals surface area contributed by atoms with Gasteiger partial charge in [-0.1, -0.05) is 48.0 Å². The van der Waals surface area contributed by atoms with Crippen LogP contribution in [0, 0.1) is 11.3 Å². The third-order valence-electron chi connectivity index (χ3n) is 6.02. The molecule has 2 aromatic heterocycles. The molecule has 0 atom stereocenters. The summed E-state index contributed by atoms with van der Waals surface area (Å²) in [5, 5.41) is 17.9. The molecule has 5 aromatic rings. The average Bonchev–Trinajstić information content (AvgIpc) is 2.97. The van der Waals surface area contributed by atoms with Crippen LogP contribution < -0.4 is 20.1 Å². The summed E-state index contributed by atoms with van der Waals surface area (Å²) in [7, 11) is 0. The molecule has 0 aliphatic heterocycles. The summed E-state index contributed by atoms with van der Waals surface area (Å²) in [5.41, 5.74) is 5.21. The van der Waals surface area contributed by atoms with Crippen molar-refractivity contribution < 1.29 is 9.47 Å². The Hall–Kier alpha value is -4.80. The molecule has 0 fully saturated rings. The molecular formula is C31H26ClN5O2. The number of hydrogen-bond acceptors (Lipinski definition) is 7. The van der Waals surface area contributed by atoms with Crippen molar-refractivity contribution in [2.24, 2.45) is 0 Å². The van der Waals surface area contributed by atoms with Gasteiger partial charge in [-0.25, -0.2) is 0 Å². The number of rotatable bonds is 10. The maximum Gasteiger partial charge on any atom is 0.144 e. The molecule has 5 rings (SSSR count). The molecule has 2 N–H and O–H groups in total. The van der Waals surface area contributed by atoms with Crippen molar-refractivity contribution in [3.8, 4) is 17.6 Å². The Bertz CT molecular complexity index is 1620. The smallest absolute Gasteiger partial charge is 0.144 e. The molecule has 0 aliphatic rings. The van der Waals surface area contributed by atoms with E-state index in [1.807, 2.05) is 61.5 Å². The molecule has 0 aliphatic carbocycles. The van der Waals surface area contributed by atoms with Crippen LogP contribution in [0.15, 0.2) is 91.3 Å². The predicted octanol–water partition coefficient (Wildman–Crippen LogP) is 7.49. The van der Waals surface area contributed by atoms with E-state index in [1.165, 1.54) is 0 Å². The van der Waals surface area contributed by atoms with Crippen molar-refractivity contribution >= 4 is 39.6 Å². The number of pyridine rings is 2. The summed E-state index contributed by atoms with van der Waals surface area (Å²) in [6, 6.07) is 27.3. The SMILES string of the molecule is CCOc1cc2ncc(C#N)c(Nc3ccc(OCc4ccccn4)c(Cl)c3)c2cc1NCc1ccccc1. The van der Waals surface area contributed by atoms with E-state index in [1.54, 1.807) is 24.5 Å². The zero-order valence-corrected chi connectivity index (χ0v) is 22.1. The lowest BCUT2D eigenvalue weighted by Gasteiger charge is -2.17. The average molecular weight is 536 g/mol. The van der Waals surface area contributed by atoms with Gasteiger partial charge < -0.3 is 20.1 Å². The number of aromatic nitrogens is 2. The molecule has 39 heavy (non-hydrogen) atoms. The number of nitrogens with zero attached hydrogens (tertiary/aromatic N) is 3. The van der Waals surface area contributed by atoms with E-state index in [0.29, 0.717) is 58.7 Å². The molecule has 0 amide bonds. The fourth-order valence-electron chi connectivity index (χ4n) is 4.12. The van der Waals surface area contributed by atoms with Crippen LogP contribution in [0.2, 0.25) is 5.02 Å². The number of ether oxygens (including phenoxy) is 2. The lowest BCUT2D eigenvalue weighted by Crippen LogP contribution is -2.04. The second kappa shape index (κ2) is 12.2. The number of nitrogens with one attached hydrogen (secondary N) is 2. The van der Waals surface area contributed by atoms with Crippen molar-refractivity contribution in [2.75, 3.05) is 17.2 Å². The third-order valence-corrected chi connectivity index (χ3v) is 6.31. The van der Waals surface area contributed by atoms with E-state index in [0.717, 1.165) is 22.3 Å². The first-order valence-electron chi connectivity index (χ1n) is 12.5. The molecule has 3 aromatic carbocycles. The van der Waals surface area contributed by atoms with Crippen LogP contribution in [0.3, 0.4) is 0 Å². The number of halogens is 1. The maximum absolute atomic E-state index is 9.87. The highest BCUT2D eigenvalue weighted by atomic mass is 35.5. The van der Waals surface area contributed by atoms with Gasteiger partial charge in [0.15, 0.2) is 0 Å². The number of hydrogen-bond donors (Lipinski definition) is 2. The van der Waals surface area contributed by atoms with Crippen molar-refractivity contribution in [1.82, 2.24) is 9.97 Å². The van der Waals surface area contributed by atoms with Crippen LogP contribution in [-0.4, -0.2) is 16.6 Å². The topological polar surface area (TPSA) is 92.1 Å². The molecule has 0 radical (unpaired) electrons.